The number of halogens is 2. The molecule has 1 aromatic carbocycles. The van der Waals surface area contributed by atoms with Gasteiger partial charge in [-0.25, -0.2) is 0 Å². The molecule has 0 saturated heterocycles. The van der Waals surface area contributed by atoms with Crippen LogP contribution in [0.1, 0.15) is 44.3 Å². The summed E-state index contributed by atoms with van der Waals surface area (Å²) in [5.41, 5.74) is -0.275. The van der Waals surface area contributed by atoms with Crippen molar-refractivity contribution in [3.8, 4) is 6.07 Å². The molecule has 19 heavy (non-hydrogen) atoms. The first kappa shape index (κ1) is 14.7. The van der Waals surface area contributed by atoms with Crippen LogP contribution in [0.4, 0.5) is 0 Å². The van der Waals surface area contributed by atoms with E-state index in [0.29, 0.717) is 34.4 Å². The van der Waals surface area contributed by atoms with Gasteiger partial charge >= 0.3 is 0 Å². The number of aliphatic hydroxyl groups excluding tert-OH is 1. The number of nitriles is 1. The highest BCUT2D eigenvalue weighted by Crippen LogP contribution is 2.49. The van der Waals surface area contributed by atoms with Gasteiger partial charge in [0.15, 0.2) is 0 Å². The molecule has 0 radical (unpaired) electrons. The largest absolute Gasteiger partial charge is 0.387 e. The number of nitrogens with zero attached hydrogens (tertiary/aromatic N) is 1. The van der Waals surface area contributed by atoms with Crippen molar-refractivity contribution in [2.24, 2.45) is 11.3 Å². The highest BCUT2D eigenvalue weighted by atomic mass is 35.5. The fourth-order valence-corrected chi connectivity index (χ4v) is 3.38. The summed E-state index contributed by atoms with van der Waals surface area (Å²) >= 11 is 12.3. The topological polar surface area (TPSA) is 44.0 Å². The van der Waals surface area contributed by atoms with E-state index in [1.54, 1.807) is 18.2 Å². The Morgan fingerprint density at radius 3 is 2.32 bits per heavy atom. The van der Waals surface area contributed by atoms with Crippen molar-refractivity contribution in [2.45, 2.75) is 38.7 Å². The third-order valence-electron chi connectivity index (χ3n) is 4.19. The second-order valence-electron chi connectivity index (χ2n) is 5.49. The van der Waals surface area contributed by atoms with Crippen LogP contribution in [0, 0.1) is 22.7 Å². The van der Waals surface area contributed by atoms with Gasteiger partial charge in [0.05, 0.1) is 11.5 Å². The van der Waals surface area contributed by atoms with E-state index in [0.717, 1.165) is 12.8 Å². The highest BCUT2D eigenvalue weighted by molar-refractivity contribution is 6.36. The van der Waals surface area contributed by atoms with E-state index >= 15 is 0 Å². The predicted molar refractivity (Wildman–Crippen MR) is 77.1 cm³/mol. The molecule has 1 atom stereocenters. The quantitative estimate of drug-likeness (QED) is 0.856. The monoisotopic (exact) mass is 297 g/mol. The molecule has 1 N–H and O–H groups in total. The lowest BCUT2D eigenvalue weighted by molar-refractivity contribution is 0.0268. The van der Waals surface area contributed by atoms with Crippen LogP contribution < -0.4 is 0 Å². The van der Waals surface area contributed by atoms with Crippen molar-refractivity contribution in [3.63, 3.8) is 0 Å². The average molecular weight is 298 g/mol. The van der Waals surface area contributed by atoms with Crippen LogP contribution in [-0.4, -0.2) is 5.11 Å². The minimum absolute atomic E-state index is 0.424. The van der Waals surface area contributed by atoms with Gasteiger partial charge in [-0.3, -0.25) is 0 Å². The maximum Gasteiger partial charge on any atom is 0.100 e. The van der Waals surface area contributed by atoms with Crippen LogP contribution in [0.15, 0.2) is 18.2 Å². The summed E-state index contributed by atoms with van der Waals surface area (Å²) in [5.74, 6) is 0.607. The van der Waals surface area contributed by atoms with Crippen LogP contribution in [-0.2, 0) is 0 Å². The molecule has 0 bridgehead atoms. The molecule has 2 nitrogen and oxygen atoms in total. The van der Waals surface area contributed by atoms with Gasteiger partial charge in [-0.15, -0.1) is 0 Å². The van der Waals surface area contributed by atoms with Gasteiger partial charge in [-0.1, -0.05) is 36.2 Å². The Morgan fingerprint density at radius 1 is 1.32 bits per heavy atom. The molecule has 0 amide bonds. The zero-order chi connectivity index (χ0) is 14.0. The lowest BCUT2D eigenvalue weighted by Gasteiger charge is -2.38. The standard InChI is InChI=1S/C15H17Cl2NO/c1-10-5-7-15(9-18,8-6-10)14(19)13-11(16)3-2-4-12(13)17/h2-4,10,14,19H,5-8H2,1H3. The van der Waals surface area contributed by atoms with Crippen LogP contribution in [0.3, 0.4) is 0 Å². The summed E-state index contributed by atoms with van der Waals surface area (Å²) in [4.78, 5) is 0. The van der Waals surface area contributed by atoms with Crippen molar-refractivity contribution in [1.29, 1.82) is 5.26 Å². The fraction of sp³-hybridized carbons (Fsp3) is 0.533. The molecule has 2 rings (SSSR count). The van der Waals surface area contributed by atoms with Gasteiger partial charge in [0.1, 0.15) is 6.10 Å². The SMILES string of the molecule is CC1CCC(C#N)(C(O)c2c(Cl)cccc2Cl)CC1. The minimum Gasteiger partial charge on any atom is -0.387 e. The molecule has 1 aliphatic carbocycles. The molecule has 0 spiro atoms. The Bertz CT molecular complexity index is 481. The van der Waals surface area contributed by atoms with E-state index in [1.165, 1.54) is 0 Å². The van der Waals surface area contributed by atoms with E-state index in [4.69, 9.17) is 23.2 Å². The zero-order valence-electron chi connectivity index (χ0n) is 10.9. The van der Waals surface area contributed by atoms with E-state index in [1.807, 2.05) is 0 Å². The molecule has 0 heterocycles. The molecule has 1 aromatic rings. The van der Waals surface area contributed by atoms with E-state index in [2.05, 4.69) is 13.0 Å². The summed E-state index contributed by atoms with van der Waals surface area (Å²) in [6.07, 6.45) is 2.35. The van der Waals surface area contributed by atoms with Crippen molar-refractivity contribution >= 4 is 23.2 Å². The lowest BCUT2D eigenvalue weighted by Crippen LogP contribution is -2.32. The minimum atomic E-state index is -0.925. The Hall–Kier alpha value is -0.750. The van der Waals surface area contributed by atoms with Gasteiger partial charge in [0.2, 0.25) is 0 Å². The number of hydrogen-bond donors (Lipinski definition) is 1. The second kappa shape index (κ2) is 5.71. The van der Waals surface area contributed by atoms with Crippen molar-refractivity contribution < 1.29 is 5.11 Å². The number of benzene rings is 1. The van der Waals surface area contributed by atoms with Crippen LogP contribution in [0.2, 0.25) is 10.0 Å². The number of aliphatic hydroxyl groups is 1. The van der Waals surface area contributed by atoms with Crippen molar-refractivity contribution in [1.82, 2.24) is 0 Å². The summed E-state index contributed by atoms with van der Waals surface area (Å²) in [7, 11) is 0. The maximum absolute atomic E-state index is 10.7. The molecule has 4 heteroatoms. The van der Waals surface area contributed by atoms with E-state index in [-0.39, 0.29) is 0 Å². The molecule has 102 valence electrons. The molecule has 1 saturated carbocycles. The fourth-order valence-electron chi connectivity index (χ4n) is 2.77. The van der Waals surface area contributed by atoms with Crippen LogP contribution in [0.5, 0.6) is 0 Å². The predicted octanol–water partition coefficient (Wildman–Crippen LogP) is 4.75. The molecule has 1 aliphatic rings. The molecule has 0 aromatic heterocycles. The Kier molecular flexibility index (Phi) is 4.40. The molecular weight excluding hydrogens is 281 g/mol. The summed E-state index contributed by atoms with van der Waals surface area (Å²) in [6.45, 7) is 2.18. The molecule has 1 unspecified atom stereocenters. The Balaban J connectivity index is 2.37. The van der Waals surface area contributed by atoms with Crippen LogP contribution in [0.25, 0.3) is 0 Å². The van der Waals surface area contributed by atoms with Crippen molar-refractivity contribution in [3.05, 3.63) is 33.8 Å². The third-order valence-corrected chi connectivity index (χ3v) is 4.84. The summed E-state index contributed by atoms with van der Waals surface area (Å²) in [5, 5.41) is 21.0. The van der Waals surface area contributed by atoms with Crippen LogP contribution >= 0.6 is 23.2 Å². The van der Waals surface area contributed by atoms with Gasteiger partial charge in [0.25, 0.3) is 0 Å². The van der Waals surface area contributed by atoms with Gasteiger partial charge in [0, 0.05) is 15.6 Å². The van der Waals surface area contributed by atoms with Gasteiger partial charge < -0.3 is 5.11 Å². The zero-order valence-corrected chi connectivity index (χ0v) is 12.4. The third kappa shape index (κ3) is 2.74. The Labute approximate surface area is 124 Å². The first-order valence-corrected chi connectivity index (χ1v) is 7.29. The molecule has 1 fully saturated rings. The van der Waals surface area contributed by atoms with E-state index < -0.39 is 11.5 Å². The Morgan fingerprint density at radius 2 is 1.84 bits per heavy atom. The second-order valence-corrected chi connectivity index (χ2v) is 6.30. The first-order valence-electron chi connectivity index (χ1n) is 6.53. The number of hydrogen-bond acceptors (Lipinski definition) is 2. The number of rotatable bonds is 2. The van der Waals surface area contributed by atoms with Crippen molar-refractivity contribution in [2.75, 3.05) is 0 Å². The average Bonchev–Trinajstić information content (AvgIpc) is 2.39. The molecular formula is C15H17Cl2NO. The lowest BCUT2D eigenvalue weighted by atomic mass is 9.67. The highest BCUT2D eigenvalue weighted by Gasteiger charge is 2.43. The summed E-state index contributed by atoms with van der Waals surface area (Å²) in [6, 6.07) is 7.46. The summed E-state index contributed by atoms with van der Waals surface area (Å²) < 4.78 is 0. The first-order chi connectivity index (χ1) is 9.00. The molecule has 0 aliphatic heterocycles. The smallest absolute Gasteiger partial charge is 0.100 e. The maximum atomic E-state index is 10.7. The van der Waals surface area contributed by atoms with Gasteiger partial charge in [-0.2, -0.15) is 5.26 Å². The van der Waals surface area contributed by atoms with E-state index in [9.17, 15) is 10.4 Å². The normalized spacial score (nSPS) is 28.7. The van der Waals surface area contributed by atoms with Gasteiger partial charge in [-0.05, 0) is 43.7 Å².